The highest BCUT2D eigenvalue weighted by molar-refractivity contribution is 6.38. The van der Waals surface area contributed by atoms with Crippen LogP contribution in [0.1, 0.15) is 19.4 Å². The minimum Gasteiger partial charge on any atom is -0.392 e. The van der Waals surface area contributed by atoms with Crippen LogP contribution in [0.5, 0.6) is 0 Å². The van der Waals surface area contributed by atoms with Gasteiger partial charge in [0.15, 0.2) is 5.58 Å². The predicted octanol–water partition coefficient (Wildman–Crippen LogP) is 3.04. The highest BCUT2D eigenvalue weighted by Crippen LogP contribution is 2.41. The molecule has 1 N–H and O–H groups in total. The van der Waals surface area contributed by atoms with Gasteiger partial charge in [-0.05, 0) is 19.9 Å². The van der Waals surface area contributed by atoms with Crippen molar-refractivity contribution in [1.82, 2.24) is 15.1 Å². The van der Waals surface area contributed by atoms with E-state index in [1.807, 2.05) is 19.9 Å². The van der Waals surface area contributed by atoms with Crippen LogP contribution in [0.4, 0.5) is 5.69 Å². The third-order valence-corrected chi connectivity index (χ3v) is 4.85. The molecule has 1 aliphatic heterocycles. The summed E-state index contributed by atoms with van der Waals surface area (Å²) in [5.74, 6) is 0. The molecule has 7 nitrogen and oxygen atoms in total. The molecule has 8 heteroatoms. The highest BCUT2D eigenvalue weighted by atomic mass is 35.5. The maximum atomic E-state index is 9.97. The lowest BCUT2D eigenvalue weighted by atomic mass is 10.0. The van der Waals surface area contributed by atoms with Crippen LogP contribution in [0.25, 0.3) is 22.2 Å². The van der Waals surface area contributed by atoms with Gasteiger partial charge in [-0.2, -0.15) is 0 Å². The quantitative estimate of drug-likeness (QED) is 0.754. The number of fused-ring (bicyclic) bond motifs is 1. The number of ether oxygens (including phenoxy) is 1. The molecule has 0 radical (unpaired) electrons. The zero-order chi connectivity index (χ0) is 18.3. The Balaban J connectivity index is 1.86. The Hall–Kier alpha value is -2.22. The Bertz CT molecular complexity index is 921. The third kappa shape index (κ3) is 2.92. The van der Waals surface area contributed by atoms with Gasteiger partial charge in [-0.3, -0.25) is 0 Å². The fourth-order valence-corrected chi connectivity index (χ4v) is 3.91. The van der Waals surface area contributed by atoms with Crippen molar-refractivity contribution in [2.24, 2.45) is 0 Å². The normalized spacial score (nSPS) is 20.7. The van der Waals surface area contributed by atoms with Gasteiger partial charge < -0.3 is 19.3 Å². The summed E-state index contributed by atoms with van der Waals surface area (Å²) in [5.41, 5.74) is 3.32. The number of anilines is 1. The van der Waals surface area contributed by atoms with Crippen molar-refractivity contribution in [3.63, 3.8) is 0 Å². The maximum absolute atomic E-state index is 9.97. The number of nitrogens with zero attached hydrogens (tertiary/aromatic N) is 4. The number of hydrogen-bond acceptors (Lipinski definition) is 7. The zero-order valence-corrected chi connectivity index (χ0v) is 15.3. The zero-order valence-electron chi connectivity index (χ0n) is 14.5. The lowest BCUT2D eigenvalue weighted by Crippen LogP contribution is -2.46. The fourth-order valence-electron chi connectivity index (χ4n) is 3.53. The van der Waals surface area contributed by atoms with Crippen LogP contribution in [0.15, 0.2) is 29.3 Å². The van der Waals surface area contributed by atoms with Gasteiger partial charge in [0, 0.05) is 36.6 Å². The first-order chi connectivity index (χ1) is 12.6. The van der Waals surface area contributed by atoms with Gasteiger partial charge in [-0.25, -0.2) is 9.97 Å². The topological polar surface area (TPSA) is 84.5 Å². The number of aliphatic hydroxyl groups is 1. The van der Waals surface area contributed by atoms with Gasteiger partial charge in [-0.1, -0.05) is 16.8 Å². The van der Waals surface area contributed by atoms with E-state index in [1.165, 1.54) is 6.33 Å². The molecule has 2 aromatic heterocycles. The summed E-state index contributed by atoms with van der Waals surface area (Å²) in [7, 11) is 0. The molecule has 0 amide bonds. The largest absolute Gasteiger partial charge is 0.392 e. The van der Waals surface area contributed by atoms with Crippen molar-refractivity contribution in [2.45, 2.75) is 32.7 Å². The van der Waals surface area contributed by atoms with Crippen molar-refractivity contribution in [2.75, 3.05) is 18.0 Å². The highest BCUT2D eigenvalue weighted by Gasteiger charge is 2.28. The lowest BCUT2D eigenvalue weighted by Gasteiger charge is -2.38. The molecule has 1 saturated heterocycles. The molecule has 3 aromatic rings. The second-order valence-electron chi connectivity index (χ2n) is 6.55. The summed E-state index contributed by atoms with van der Waals surface area (Å²) < 4.78 is 11.3. The summed E-state index contributed by atoms with van der Waals surface area (Å²) in [6.45, 7) is 5.29. The summed E-state index contributed by atoms with van der Waals surface area (Å²) in [4.78, 5) is 10.2. The molecule has 4 rings (SSSR count). The third-order valence-electron chi connectivity index (χ3n) is 4.50. The summed E-state index contributed by atoms with van der Waals surface area (Å²) >= 11 is 6.70. The number of morpholine rings is 1. The van der Waals surface area contributed by atoms with E-state index in [9.17, 15) is 5.11 Å². The molecule has 136 valence electrons. The Morgan fingerprint density at radius 2 is 1.92 bits per heavy atom. The van der Waals surface area contributed by atoms with Gasteiger partial charge >= 0.3 is 0 Å². The van der Waals surface area contributed by atoms with E-state index in [-0.39, 0.29) is 18.8 Å². The average molecular weight is 375 g/mol. The first-order valence-corrected chi connectivity index (χ1v) is 8.83. The molecule has 0 saturated carbocycles. The molecule has 0 aliphatic carbocycles. The summed E-state index contributed by atoms with van der Waals surface area (Å²) in [6, 6.07) is 1.88. The first-order valence-electron chi connectivity index (χ1n) is 8.46. The van der Waals surface area contributed by atoms with Crippen LogP contribution >= 0.6 is 11.6 Å². The molecule has 1 aromatic carbocycles. The molecule has 1 aliphatic rings. The molecule has 0 spiro atoms. The van der Waals surface area contributed by atoms with E-state index in [2.05, 4.69) is 20.0 Å². The van der Waals surface area contributed by atoms with Crippen molar-refractivity contribution in [3.05, 3.63) is 35.4 Å². The monoisotopic (exact) mass is 374 g/mol. The number of halogens is 1. The van der Waals surface area contributed by atoms with Crippen LogP contribution in [-0.2, 0) is 11.3 Å². The summed E-state index contributed by atoms with van der Waals surface area (Å²) in [6.07, 6.45) is 4.93. The van der Waals surface area contributed by atoms with Crippen LogP contribution in [0.2, 0.25) is 5.02 Å². The second kappa shape index (κ2) is 6.83. The summed E-state index contributed by atoms with van der Waals surface area (Å²) in [5, 5.41) is 15.3. The fraction of sp³-hybridized carbons (Fsp3) is 0.389. The molecule has 0 bridgehead atoms. The SMILES string of the molecule is C[C@@H]1CN(c2c(CO)cc3c(-c4cncnc4)noc3c2Cl)C[C@H](C)O1. The number of benzene rings is 1. The first kappa shape index (κ1) is 17.2. The van der Waals surface area contributed by atoms with E-state index < -0.39 is 0 Å². The lowest BCUT2D eigenvalue weighted by molar-refractivity contribution is -0.00531. The Morgan fingerprint density at radius 1 is 1.23 bits per heavy atom. The van der Waals surface area contributed by atoms with Crippen LogP contribution in [-0.4, -0.2) is 45.5 Å². The Kier molecular flexibility index (Phi) is 4.52. The van der Waals surface area contributed by atoms with Crippen molar-refractivity contribution in [3.8, 4) is 11.3 Å². The van der Waals surface area contributed by atoms with Crippen molar-refractivity contribution in [1.29, 1.82) is 0 Å². The molecule has 3 heterocycles. The smallest absolute Gasteiger partial charge is 0.188 e. The maximum Gasteiger partial charge on any atom is 0.188 e. The molecular formula is C18H19ClN4O3. The average Bonchev–Trinajstić information content (AvgIpc) is 3.05. The second-order valence-corrected chi connectivity index (χ2v) is 6.93. The van der Waals surface area contributed by atoms with Gasteiger partial charge in [0.1, 0.15) is 17.0 Å². The van der Waals surface area contributed by atoms with Gasteiger partial charge in [-0.15, -0.1) is 0 Å². The van der Waals surface area contributed by atoms with E-state index in [0.717, 1.165) is 22.2 Å². The van der Waals surface area contributed by atoms with Crippen molar-refractivity contribution < 1.29 is 14.4 Å². The molecule has 26 heavy (non-hydrogen) atoms. The minimum absolute atomic E-state index is 0.0730. The molecule has 0 unspecified atom stereocenters. The Morgan fingerprint density at radius 3 is 2.58 bits per heavy atom. The van der Waals surface area contributed by atoms with Crippen LogP contribution < -0.4 is 4.90 Å². The van der Waals surface area contributed by atoms with Crippen LogP contribution in [0.3, 0.4) is 0 Å². The minimum atomic E-state index is -0.138. The van der Waals surface area contributed by atoms with E-state index in [1.54, 1.807) is 12.4 Å². The number of rotatable bonds is 3. The van der Waals surface area contributed by atoms with Crippen molar-refractivity contribution >= 4 is 28.3 Å². The molecule has 2 atom stereocenters. The number of aromatic nitrogens is 3. The number of hydrogen-bond donors (Lipinski definition) is 1. The van der Waals surface area contributed by atoms with E-state index >= 15 is 0 Å². The van der Waals surface area contributed by atoms with Crippen LogP contribution in [0, 0.1) is 0 Å². The molecule has 1 fully saturated rings. The number of aliphatic hydroxyl groups excluding tert-OH is 1. The van der Waals surface area contributed by atoms with E-state index in [4.69, 9.17) is 20.9 Å². The van der Waals surface area contributed by atoms with Gasteiger partial charge in [0.2, 0.25) is 0 Å². The predicted molar refractivity (Wildman–Crippen MR) is 98.2 cm³/mol. The van der Waals surface area contributed by atoms with Gasteiger partial charge in [0.25, 0.3) is 0 Å². The molecular weight excluding hydrogens is 356 g/mol. The van der Waals surface area contributed by atoms with Gasteiger partial charge in [0.05, 0.1) is 29.9 Å². The standard InChI is InChI=1S/C18H19ClN4O3/c1-10-6-23(7-11(2)25-10)17-12(8-24)3-14-16(13-4-20-9-21-5-13)22-26-18(14)15(17)19/h3-5,9-11,24H,6-8H2,1-2H3/t10-,11+. The van der Waals surface area contributed by atoms with E-state index in [0.29, 0.717) is 29.4 Å². The Labute approximate surface area is 155 Å².